The number of rotatable bonds is 31. The van der Waals surface area contributed by atoms with Crippen molar-refractivity contribution in [3.63, 3.8) is 0 Å². The number of hydrogen-bond donors (Lipinski definition) is 0. The maximum atomic E-state index is 5.60. The molecule has 1 nitrogen and oxygen atoms in total. The SMILES string of the molecule is C=C(CCCCCCC/C=C\CCCCCCCC)OC([CH2-])CC.[CH2-]CCCCCC/C=C\CCCCCCCC.[Cf]. The summed E-state index contributed by atoms with van der Waals surface area (Å²) < 4.78 is 5.60. The fraction of sp³-hybridized carbons (Fsp3) is 0.800. The van der Waals surface area contributed by atoms with Crippen molar-refractivity contribution < 1.29 is 4.74 Å². The van der Waals surface area contributed by atoms with E-state index in [-0.39, 0.29) is 6.10 Å². The Morgan fingerprint density at radius 3 is 1.24 bits per heavy atom. The van der Waals surface area contributed by atoms with E-state index in [1.165, 1.54) is 161 Å². The summed E-state index contributed by atoms with van der Waals surface area (Å²) in [5.41, 5.74) is 0. The molecular formula is C40H76CfO-2. The van der Waals surface area contributed by atoms with Crippen LogP contribution < -0.4 is 0 Å². The zero-order valence-corrected chi connectivity index (χ0v) is 31.7. The third-order valence-corrected chi connectivity index (χ3v) is 7.77. The molecule has 0 N–H and O–H groups in total. The van der Waals surface area contributed by atoms with Gasteiger partial charge in [-0.05, 0) is 70.3 Å². The van der Waals surface area contributed by atoms with Gasteiger partial charge in [0.15, 0.2) is 0 Å². The van der Waals surface area contributed by atoms with Crippen molar-refractivity contribution in [2.75, 3.05) is 0 Å². The maximum Gasteiger partial charge on any atom is 0.0851 e. The molecule has 0 aromatic rings. The van der Waals surface area contributed by atoms with Gasteiger partial charge in [-0.15, -0.1) is 0 Å². The summed E-state index contributed by atoms with van der Waals surface area (Å²) in [7, 11) is 0. The van der Waals surface area contributed by atoms with Crippen molar-refractivity contribution in [3.8, 4) is 0 Å². The van der Waals surface area contributed by atoms with Crippen LogP contribution in [0.3, 0.4) is 0 Å². The van der Waals surface area contributed by atoms with Crippen LogP contribution in [0.15, 0.2) is 36.6 Å². The smallest absolute Gasteiger partial charge is 0.0851 e. The Kier molecular flexibility index (Phi) is 43.6. The molecule has 0 saturated carbocycles. The van der Waals surface area contributed by atoms with Crippen LogP contribution in [-0.4, -0.2) is 6.10 Å². The molecule has 0 aromatic carbocycles. The predicted octanol–water partition coefficient (Wildman–Crippen LogP) is 14.6. The first-order valence-electron chi connectivity index (χ1n) is 18.4. The maximum absolute atomic E-state index is 5.60. The fourth-order valence-corrected chi connectivity index (χ4v) is 4.84. The van der Waals surface area contributed by atoms with Gasteiger partial charge in [0.05, 0.1) is 5.76 Å². The summed E-state index contributed by atoms with van der Waals surface area (Å²) in [4.78, 5) is 0. The topological polar surface area (TPSA) is 9.23 Å². The largest absolute Gasteiger partial charge is 0.527 e. The van der Waals surface area contributed by atoms with E-state index in [0.29, 0.717) is 0 Å². The molecule has 0 aliphatic heterocycles. The van der Waals surface area contributed by atoms with Gasteiger partial charge in [0, 0.05) is 6.42 Å². The van der Waals surface area contributed by atoms with Crippen LogP contribution in [0.5, 0.6) is 0 Å². The van der Waals surface area contributed by atoms with Crippen LogP contribution >= 0.6 is 0 Å². The van der Waals surface area contributed by atoms with E-state index in [9.17, 15) is 0 Å². The second kappa shape index (κ2) is 41.2. The second-order valence-electron chi connectivity index (χ2n) is 12.1. The molecule has 0 radical (unpaired) electrons. The van der Waals surface area contributed by atoms with Gasteiger partial charge in [0.25, 0.3) is 0 Å². The molecule has 42 heavy (non-hydrogen) atoms. The Morgan fingerprint density at radius 2 is 0.881 bits per heavy atom. The Balaban J connectivity index is -0.000000748. The Hall–Kier alpha value is -1.98. The van der Waals surface area contributed by atoms with Gasteiger partial charge in [-0.3, -0.25) is 0 Å². The molecule has 254 valence electrons. The van der Waals surface area contributed by atoms with Crippen LogP contribution in [0, 0.1) is 13.8 Å². The van der Waals surface area contributed by atoms with Crippen LogP contribution in [0.1, 0.15) is 201 Å². The molecule has 0 aliphatic carbocycles. The number of hydrogen-bond acceptors (Lipinski definition) is 1. The van der Waals surface area contributed by atoms with Gasteiger partial charge in [-0.25, -0.2) is 0 Å². The van der Waals surface area contributed by atoms with Gasteiger partial charge in [0.1, 0.15) is 0 Å². The van der Waals surface area contributed by atoms with E-state index >= 15 is 0 Å². The van der Waals surface area contributed by atoms with Crippen LogP contribution in [0.25, 0.3) is 0 Å². The van der Waals surface area contributed by atoms with Crippen molar-refractivity contribution in [3.05, 3.63) is 50.5 Å². The van der Waals surface area contributed by atoms with Crippen LogP contribution in [0.2, 0.25) is 0 Å². The van der Waals surface area contributed by atoms with Crippen molar-refractivity contribution in [2.24, 2.45) is 0 Å². The van der Waals surface area contributed by atoms with Gasteiger partial charge < -0.3 is 18.6 Å². The monoisotopic (exact) mass is 822 g/mol. The molecule has 0 heterocycles. The third kappa shape index (κ3) is 42.5. The second-order valence-corrected chi connectivity index (χ2v) is 12.1. The Bertz CT molecular complexity index is 538. The van der Waals surface area contributed by atoms with Crippen molar-refractivity contribution in [1.29, 1.82) is 0 Å². The zero-order chi connectivity index (χ0) is 30.5. The van der Waals surface area contributed by atoms with Crippen LogP contribution in [-0.2, 0) is 4.74 Å². The van der Waals surface area contributed by atoms with Crippen molar-refractivity contribution in [2.45, 2.75) is 207 Å². The normalized spacial score (nSPS) is 11.8. The number of unbranched alkanes of at least 4 members (excludes halogenated alkanes) is 22. The van der Waals surface area contributed by atoms with E-state index in [0.717, 1.165) is 25.0 Å². The molecule has 0 rings (SSSR count). The minimum absolute atomic E-state index is 0. The quantitative estimate of drug-likeness (QED) is 0.0293. The molecule has 1 unspecified atom stereocenters. The van der Waals surface area contributed by atoms with Gasteiger partial charge in [-0.2, -0.15) is 6.42 Å². The zero-order valence-electron chi connectivity index (χ0n) is 29.0. The molecule has 0 fully saturated rings. The van der Waals surface area contributed by atoms with E-state index in [1.807, 2.05) is 0 Å². The summed E-state index contributed by atoms with van der Waals surface area (Å²) >= 11 is 0. The Morgan fingerprint density at radius 1 is 0.548 bits per heavy atom. The molecule has 0 aromatic heterocycles. The molecule has 0 saturated heterocycles. The summed E-state index contributed by atoms with van der Waals surface area (Å²) in [5.74, 6) is 0.912. The molecule has 0 aliphatic rings. The predicted molar refractivity (Wildman–Crippen MR) is 189 cm³/mol. The van der Waals surface area contributed by atoms with Gasteiger partial charge >= 0.3 is 0 Å². The van der Waals surface area contributed by atoms with E-state index in [1.54, 1.807) is 0 Å². The summed E-state index contributed by atoms with van der Waals surface area (Å²) in [6, 6.07) is 0. The average Bonchev–Trinajstić information content (AvgIpc) is 2.97. The van der Waals surface area contributed by atoms with Crippen LogP contribution in [0.4, 0.5) is 0 Å². The molecule has 0 spiro atoms. The van der Waals surface area contributed by atoms with Gasteiger partial charge in [0.2, 0.25) is 0 Å². The minimum atomic E-state index is 0. The van der Waals surface area contributed by atoms with Crippen molar-refractivity contribution in [1.82, 2.24) is 0 Å². The molecule has 0 amide bonds. The van der Waals surface area contributed by atoms with E-state index in [4.69, 9.17) is 4.74 Å². The van der Waals surface area contributed by atoms with E-state index in [2.05, 4.69) is 65.5 Å². The average molecular weight is 824 g/mol. The first-order valence-corrected chi connectivity index (χ1v) is 18.4. The summed E-state index contributed by atoms with van der Waals surface area (Å²) in [6.45, 7) is 18.4. The third-order valence-electron chi connectivity index (χ3n) is 7.77. The first-order chi connectivity index (χ1) is 20.1. The summed E-state index contributed by atoms with van der Waals surface area (Å²) in [5, 5.41) is 0. The fourth-order valence-electron chi connectivity index (χ4n) is 4.84. The molecule has 1 atom stereocenters. The van der Waals surface area contributed by atoms with E-state index < -0.39 is 0 Å². The van der Waals surface area contributed by atoms with Crippen molar-refractivity contribution >= 4 is 0 Å². The molecular weight excluding hydrogens is 747 g/mol. The number of ether oxygens (including phenoxy) is 1. The Labute approximate surface area is 261 Å². The number of allylic oxidation sites excluding steroid dienone is 5. The minimum Gasteiger partial charge on any atom is -0.527 e. The first kappa shape index (κ1) is 44.5. The van der Waals surface area contributed by atoms with Gasteiger partial charge in [-0.1, -0.05) is 154 Å². The molecule has 2 heteroatoms. The molecule has 0 bridgehead atoms. The standard InChI is InChI=1S/C23H43O.C17H33.Cf/c1-5-7-8-9-10-11-12-13-14-15-16-17-18-19-20-21-23(4)24-22(3)6-2;1-3-5-7-9-11-13-15-17-16-14-12-10-8-6-4-2;/h13-14,22H,3-12,15-21H2,1-2H3;15,17H,1,3-14,16H2,2H3;/q2*-1;/b14-13-;17-15-;. The summed E-state index contributed by atoms with van der Waals surface area (Å²) in [6.07, 6.45) is 46.6.